The minimum absolute atomic E-state index is 0.138. The van der Waals surface area contributed by atoms with E-state index in [1.54, 1.807) is 6.92 Å². The van der Waals surface area contributed by atoms with Gasteiger partial charge in [0, 0.05) is 5.57 Å². The number of alkyl halides is 6. The molecule has 0 spiro atoms. The topological polar surface area (TPSA) is 119 Å². The number of hydrogen-bond acceptors (Lipinski definition) is 7. The maximum atomic E-state index is 11.6. The van der Waals surface area contributed by atoms with Gasteiger partial charge in [0.25, 0.3) is 0 Å². The maximum absolute atomic E-state index is 11.6. The van der Waals surface area contributed by atoms with E-state index in [0.29, 0.717) is 5.57 Å². The molecule has 2 N–H and O–H groups in total. The zero-order valence-corrected chi connectivity index (χ0v) is 16.6. The van der Waals surface area contributed by atoms with E-state index in [-0.39, 0.29) is 11.3 Å². The molecule has 14 heteroatoms. The number of carboxylic acid groups (broad SMARTS) is 1. The van der Waals surface area contributed by atoms with Crippen LogP contribution >= 0.6 is 0 Å². The Morgan fingerprint density at radius 3 is 1.55 bits per heavy atom. The summed E-state index contributed by atoms with van der Waals surface area (Å²) in [5.74, 6) is -2.81. The zero-order valence-electron chi connectivity index (χ0n) is 16.6. The summed E-state index contributed by atoms with van der Waals surface area (Å²) >= 11 is 0. The third kappa shape index (κ3) is 29.3. The Morgan fingerprint density at radius 2 is 1.26 bits per heavy atom. The molecule has 0 aromatic heterocycles. The first kappa shape index (κ1) is 32.6. The Hall–Kier alpha value is -3.03. The Morgan fingerprint density at radius 1 is 0.806 bits per heavy atom. The number of aliphatic carboxylic acids is 1. The fraction of sp³-hybridized carbons (Fsp3) is 0.471. The number of carboxylic acids is 1. The van der Waals surface area contributed by atoms with Crippen LogP contribution in [0.5, 0.6) is 0 Å². The van der Waals surface area contributed by atoms with Crippen LogP contribution in [0.4, 0.5) is 26.3 Å². The van der Waals surface area contributed by atoms with Gasteiger partial charge in [0.05, 0.1) is 0 Å². The lowest BCUT2D eigenvalue weighted by molar-refractivity contribution is -0.188. The van der Waals surface area contributed by atoms with Crippen LogP contribution in [0.3, 0.4) is 0 Å². The van der Waals surface area contributed by atoms with Crippen molar-refractivity contribution in [3.8, 4) is 0 Å². The van der Waals surface area contributed by atoms with Crippen LogP contribution in [-0.4, -0.2) is 66.9 Å². The zero-order chi connectivity index (χ0) is 25.4. The van der Waals surface area contributed by atoms with Crippen molar-refractivity contribution in [1.29, 1.82) is 0 Å². The van der Waals surface area contributed by atoms with E-state index in [4.69, 9.17) is 14.9 Å². The van der Waals surface area contributed by atoms with Crippen molar-refractivity contribution in [2.75, 3.05) is 26.4 Å². The molecule has 0 amide bonds. The highest BCUT2D eigenvalue weighted by molar-refractivity contribution is 5.88. The number of rotatable bonds is 8. The minimum atomic E-state index is -4.53. The molecule has 0 aromatic carbocycles. The summed E-state index contributed by atoms with van der Waals surface area (Å²) in [6, 6.07) is 0. The van der Waals surface area contributed by atoms with E-state index < -0.39 is 56.7 Å². The van der Waals surface area contributed by atoms with Crippen molar-refractivity contribution in [3.63, 3.8) is 0 Å². The van der Waals surface area contributed by atoms with Gasteiger partial charge in [-0.25, -0.2) is 14.4 Å². The normalized spacial score (nSPS) is 10.2. The standard InChI is InChI=1S/C9H11F3O3.C6H8O4.C2H3F3O/c1-6(2)7(3)14-4-8(13)15-5-9(10,11)12;1-4(2)6(9)10-3-5(7)8;3-2(4,5)1-6/h1,3-5H2,2H3;1,3H2,2H3,(H,7,8);6H,1H2. The van der Waals surface area contributed by atoms with Crippen molar-refractivity contribution in [3.05, 3.63) is 36.6 Å². The van der Waals surface area contributed by atoms with Crippen LogP contribution in [0.1, 0.15) is 13.8 Å². The SMILES string of the molecule is C=C(C)C(=C)OCC(=O)OCC(F)(F)F.C=C(C)C(=O)OCC(=O)O.OCC(F)(F)F. The van der Waals surface area contributed by atoms with Crippen LogP contribution in [-0.2, 0) is 28.6 Å². The smallest absolute Gasteiger partial charge is 0.422 e. The molecule has 0 aliphatic heterocycles. The number of aliphatic hydroxyl groups excluding tert-OH is 1. The van der Waals surface area contributed by atoms with Crippen molar-refractivity contribution in [1.82, 2.24) is 0 Å². The Bertz CT molecular complexity index is 638. The van der Waals surface area contributed by atoms with Gasteiger partial charge in [-0.05, 0) is 19.4 Å². The van der Waals surface area contributed by atoms with E-state index in [9.17, 15) is 40.7 Å². The summed E-state index contributed by atoms with van der Waals surface area (Å²) in [6.07, 6.45) is -8.93. The Labute approximate surface area is 173 Å². The van der Waals surface area contributed by atoms with Gasteiger partial charge >= 0.3 is 30.3 Å². The van der Waals surface area contributed by atoms with Crippen LogP contribution in [0, 0.1) is 0 Å². The number of aliphatic hydroxyl groups is 1. The molecule has 8 nitrogen and oxygen atoms in total. The lowest BCUT2D eigenvalue weighted by Crippen LogP contribution is -2.22. The quantitative estimate of drug-likeness (QED) is 0.184. The Kier molecular flexibility index (Phi) is 16.6. The Balaban J connectivity index is -0.000000421. The predicted octanol–water partition coefficient (Wildman–Crippen LogP) is 2.93. The molecular weight excluding hydrogens is 446 g/mol. The average molecular weight is 468 g/mol. The van der Waals surface area contributed by atoms with Gasteiger partial charge in [-0.3, -0.25) is 0 Å². The second kappa shape index (κ2) is 15.8. The molecule has 0 atom stereocenters. The molecular formula is C17H22F6O8. The molecule has 0 bridgehead atoms. The summed E-state index contributed by atoms with van der Waals surface area (Å²) in [6.45, 7) is 8.59. The average Bonchev–Trinajstić information content (AvgIpc) is 2.61. The molecule has 0 saturated carbocycles. The van der Waals surface area contributed by atoms with Crippen LogP contribution < -0.4 is 0 Å². The number of carbonyl (C=O) groups excluding carboxylic acids is 2. The molecule has 0 radical (unpaired) electrons. The van der Waals surface area contributed by atoms with Gasteiger partial charge in [0.1, 0.15) is 12.4 Å². The minimum Gasteiger partial charge on any atom is -0.482 e. The van der Waals surface area contributed by atoms with Gasteiger partial charge in [-0.1, -0.05) is 19.7 Å². The lowest BCUT2D eigenvalue weighted by Gasteiger charge is -2.09. The van der Waals surface area contributed by atoms with Crippen LogP contribution in [0.25, 0.3) is 0 Å². The van der Waals surface area contributed by atoms with E-state index in [0.717, 1.165) is 0 Å². The van der Waals surface area contributed by atoms with Crippen molar-refractivity contribution < 1.29 is 65.1 Å². The van der Waals surface area contributed by atoms with E-state index in [1.807, 2.05) is 0 Å². The lowest BCUT2D eigenvalue weighted by atomic mass is 10.3. The monoisotopic (exact) mass is 468 g/mol. The largest absolute Gasteiger partial charge is 0.482 e. The van der Waals surface area contributed by atoms with E-state index in [1.165, 1.54) is 6.92 Å². The summed E-state index contributed by atoms with van der Waals surface area (Å²) in [7, 11) is 0. The molecule has 31 heavy (non-hydrogen) atoms. The number of halogens is 6. The molecule has 0 aromatic rings. The summed E-state index contributed by atoms with van der Waals surface area (Å²) in [4.78, 5) is 31.0. The first-order valence-electron chi connectivity index (χ1n) is 7.74. The number of ether oxygens (including phenoxy) is 3. The van der Waals surface area contributed by atoms with Gasteiger partial charge in [-0.15, -0.1) is 0 Å². The third-order valence-corrected chi connectivity index (χ3v) is 2.09. The van der Waals surface area contributed by atoms with Crippen molar-refractivity contribution in [2.45, 2.75) is 26.2 Å². The van der Waals surface area contributed by atoms with Gasteiger partial charge in [0.2, 0.25) is 0 Å². The highest BCUT2D eigenvalue weighted by atomic mass is 19.4. The molecule has 0 saturated heterocycles. The molecule has 0 heterocycles. The van der Waals surface area contributed by atoms with Crippen LogP contribution in [0.2, 0.25) is 0 Å². The number of allylic oxidation sites excluding steroid dienone is 1. The predicted molar refractivity (Wildman–Crippen MR) is 93.5 cm³/mol. The number of hydrogen-bond donors (Lipinski definition) is 2. The number of carbonyl (C=O) groups is 3. The van der Waals surface area contributed by atoms with E-state index >= 15 is 0 Å². The molecule has 0 rings (SSSR count). The fourth-order valence-electron chi connectivity index (χ4n) is 0.724. The molecule has 0 fully saturated rings. The van der Waals surface area contributed by atoms with Gasteiger partial charge in [-0.2, -0.15) is 26.3 Å². The van der Waals surface area contributed by atoms with Gasteiger partial charge < -0.3 is 24.4 Å². The summed E-state index contributed by atoms with van der Waals surface area (Å²) < 4.78 is 79.2. The maximum Gasteiger partial charge on any atom is 0.422 e. The summed E-state index contributed by atoms with van der Waals surface area (Å²) in [5.41, 5.74) is 0.680. The first-order valence-corrected chi connectivity index (χ1v) is 7.74. The third-order valence-electron chi connectivity index (χ3n) is 2.09. The second-order valence-corrected chi connectivity index (χ2v) is 5.29. The highest BCUT2D eigenvalue weighted by Crippen LogP contribution is 2.14. The van der Waals surface area contributed by atoms with Crippen molar-refractivity contribution in [2.24, 2.45) is 0 Å². The van der Waals surface area contributed by atoms with Crippen molar-refractivity contribution >= 4 is 17.9 Å². The first-order chi connectivity index (χ1) is 13.8. The molecule has 180 valence electrons. The van der Waals surface area contributed by atoms with Crippen LogP contribution in [0.15, 0.2) is 36.6 Å². The molecule has 0 aliphatic rings. The molecule has 0 unspecified atom stereocenters. The van der Waals surface area contributed by atoms with Gasteiger partial charge in [0.15, 0.2) is 19.8 Å². The van der Waals surface area contributed by atoms with E-state index in [2.05, 4.69) is 29.2 Å². The molecule has 0 aliphatic carbocycles. The fourth-order valence-corrected chi connectivity index (χ4v) is 0.724. The summed E-state index contributed by atoms with van der Waals surface area (Å²) in [5, 5.41) is 15.3. The second-order valence-electron chi connectivity index (χ2n) is 5.29. The highest BCUT2D eigenvalue weighted by Gasteiger charge is 2.29. The number of esters is 2.